The number of hydrogen-bond donors (Lipinski definition) is 2. The molecule has 3 aromatic carbocycles. The Bertz CT molecular complexity index is 1270. The molecule has 8 heteroatoms. The maximum atomic E-state index is 14.8. The molecule has 0 radical (unpaired) electrons. The van der Waals surface area contributed by atoms with Crippen LogP contribution in [-0.4, -0.2) is 71.2 Å². The van der Waals surface area contributed by atoms with Crippen LogP contribution in [0.15, 0.2) is 66.7 Å². The van der Waals surface area contributed by atoms with Crippen LogP contribution in [0.5, 0.6) is 11.5 Å². The Balaban J connectivity index is 1.85. The van der Waals surface area contributed by atoms with Gasteiger partial charge < -0.3 is 15.1 Å². The molecule has 1 heterocycles. The van der Waals surface area contributed by atoms with E-state index >= 15 is 0 Å². The van der Waals surface area contributed by atoms with E-state index in [9.17, 15) is 29.0 Å². The number of likely N-dealkylation sites (N-methyl/N-ethyl adjacent to an activating group) is 1. The van der Waals surface area contributed by atoms with Crippen molar-refractivity contribution in [3.63, 3.8) is 0 Å². The molecular formula is C30H31FN2O5. The largest absolute Gasteiger partial charge is 0.508 e. The standard InChI is InChI=1S/C30H31FN2O5/c1-18-23(5-4-6-26(18)31)28-24(29(37)19-7-11-21(34)12-8-19)15-33(17-27(36)32(2)3)16-25(28)30(38)20-9-13-22(35)14-10-20/h4-14,24-25,28,34-35H,15-17H2,1-3H3. The molecule has 38 heavy (non-hydrogen) atoms. The number of phenolic OH excluding ortho intramolecular Hbond substituents is 2. The summed E-state index contributed by atoms with van der Waals surface area (Å²) < 4.78 is 14.8. The van der Waals surface area contributed by atoms with E-state index in [1.54, 1.807) is 38.1 Å². The number of carbonyl (C=O) groups excluding carboxylic acids is 3. The number of carbonyl (C=O) groups is 3. The minimum absolute atomic E-state index is 0.0145. The van der Waals surface area contributed by atoms with E-state index in [0.29, 0.717) is 22.3 Å². The Hall–Kier alpha value is -4.04. The van der Waals surface area contributed by atoms with Gasteiger partial charge in [0.05, 0.1) is 6.54 Å². The van der Waals surface area contributed by atoms with Gasteiger partial charge in [-0.2, -0.15) is 0 Å². The average Bonchev–Trinajstić information content (AvgIpc) is 2.90. The molecule has 1 aliphatic rings. The minimum Gasteiger partial charge on any atom is -0.508 e. The molecule has 0 aromatic heterocycles. The van der Waals surface area contributed by atoms with Crippen molar-refractivity contribution in [3.8, 4) is 11.5 Å². The Morgan fingerprint density at radius 3 is 1.76 bits per heavy atom. The zero-order chi connectivity index (χ0) is 27.6. The van der Waals surface area contributed by atoms with E-state index in [-0.39, 0.29) is 48.6 Å². The maximum absolute atomic E-state index is 14.8. The summed E-state index contributed by atoms with van der Waals surface area (Å²) in [5.41, 5.74) is 1.63. The molecule has 1 fully saturated rings. The second-order valence-electron chi connectivity index (χ2n) is 10.00. The first kappa shape index (κ1) is 27.0. The summed E-state index contributed by atoms with van der Waals surface area (Å²) in [5.74, 6) is -3.30. The molecule has 2 unspecified atom stereocenters. The van der Waals surface area contributed by atoms with E-state index in [0.717, 1.165) is 0 Å². The molecule has 198 valence electrons. The fourth-order valence-corrected chi connectivity index (χ4v) is 5.19. The van der Waals surface area contributed by atoms with Crippen molar-refractivity contribution in [1.29, 1.82) is 0 Å². The zero-order valence-corrected chi connectivity index (χ0v) is 21.6. The number of nitrogens with zero attached hydrogens (tertiary/aromatic N) is 2. The van der Waals surface area contributed by atoms with Crippen LogP contribution in [0, 0.1) is 24.6 Å². The van der Waals surface area contributed by atoms with Gasteiger partial charge in [-0.1, -0.05) is 12.1 Å². The molecule has 2 N–H and O–H groups in total. The monoisotopic (exact) mass is 518 g/mol. The molecule has 0 bridgehead atoms. The highest BCUT2D eigenvalue weighted by molar-refractivity contribution is 6.02. The molecule has 1 aliphatic heterocycles. The van der Waals surface area contributed by atoms with Crippen molar-refractivity contribution in [2.75, 3.05) is 33.7 Å². The molecule has 0 aliphatic carbocycles. The van der Waals surface area contributed by atoms with E-state index < -0.39 is 23.6 Å². The van der Waals surface area contributed by atoms with Crippen molar-refractivity contribution in [1.82, 2.24) is 9.80 Å². The van der Waals surface area contributed by atoms with Crippen LogP contribution in [-0.2, 0) is 4.79 Å². The second kappa shape index (κ2) is 11.1. The summed E-state index contributed by atoms with van der Waals surface area (Å²) in [4.78, 5) is 43.8. The Morgan fingerprint density at radius 1 is 0.842 bits per heavy atom. The number of hydrogen-bond acceptors (Lipinski definition) is 6. The van der Waals surface area contributed by atoms with Gasteiger partial charge in [0.1, 0.15) is 17.3 Å². The third-order valence-electron chi connectivity index (χ3n) is 7.28. The van der Waals surface area contributed by atoms with Crippen LogP contribution in [0.1, 0.15) is 37.8 Å². The predicted molar refractivity (Wildman–Crippen MR) is 141 cm³/mol. The molecule has 4 rings (SSSR count). The van der Waals surface area contributed by atoms with Gasteiger partial charge in [0.2, 0.25) is 5.91 Å². The van der Waals surface area contributed by atoms with Crippen molar-refractivity contribution in [3.05, 3.63) is 94.8 Å². The SMILES string of the molecule is Cc1c(F)cccc1C1C(C(=O)c2ccc(O)cc2)CN(CC(=O)N(C)C)CC1C(=O)c1ccc(O)cc1. The highest BCUT2D eigenvalue weighted by Crippen LogP contribution is 2.42. The van der Waals surface area contributed by atoms with Crippen LogP contribution in [0.2, 0.25) is 0 Å². The van der Waals surface area contributed by atoms with Gasteiger partial charge in [-0.05, 0) is 72.6 Å². The summed E-state index contributed by atoms with van der Waals surface area (Å²) in [6.07, 6.45) is 0. The van der Waals surface area contributed by atoms with Crippen LogP contribution >= 0.6 is 0 Å². The van der Waals surface area contributed by atoms with Crippen LogP contribution in [0.4, 0.5) is 4.39 Å². The number of ketones is 2. The minimum atomic E-state index is -0.769. The van der Waals surface area contributed by atoms with Gasteiger partial charge in [-0.3, -0.25) is 19.3 Å². The first-order chi connectivity index (χ1) is 18.1. The van der Waals surface area contributed by atoms with E-state index in [4.69, 9.17) is 0 Å². The predicted octanol–water partition coefficient (Wildman–Crippen LogP) is 4.03. The fraction of sp³-hybridized carbons (Fsp3) is 0.300. The van der Waals surface area contributed by atoms with Crippen LogP contribution in [0.25, 0.3) is 0 Å². The fourth-order valence-electron chi connectivity index (χ4n) is 5.19. The highest BCUT2D eigenvalue weighted by Gasteiger charge is 2.45. The van der Waals surface area contributed by atoms with Crippen molar-refractivity contribution in [2.24, 2.45) is 11.8 Å². The molecule has 1 saturated heterocycles. The van der Waals surface area contributed by atoms with Crippen molar-refractivity contribution < 1.29 is 29.0 Å². The number of piperidine rings is 1. The third kappa shape index (κ3) is 5.60. The van der Waals surface area contributed by atoms with Crippen molar-refractivity contribution >= 4 is 17.5 Å². The molecule has 0 spiro atoms. The lowest BCUT2D eigenvalue weighted by Gasteiger charge is -2.43. The average molecular weight is 519 g/mol. The van der Waals surface area contributed by atoms with Gasteiger partial charge in [0.25, 0.3) is 0 Å². The van der Waals surface area contributed by atoms with Crippen LogP contribution < -0.4 is 0 Å². The summed E-state index contributed by atoms with van der Waals surface area (Å²) in [6, 6.07) is 16.4. The Kier molecular flexibility index (Phi) is 7.92. The van der Waals surface area contributed by atoms with Gasteiger partial charge >= 0.3 is 0 Å². The lowest BCUT2D eigenvalue weighted by atomic mass is 9.68. The number of likely N-dealkylation sites (tertiary alicyclic amines) is 1. The molecule has 2 atom stereocenters. The number of amides is 1. The normalized spacial score (nSPS) is 19.6. The summed E-state index contributed by atoms with van der Waals surface area (Å²) in [6.45, 7) is 2.04. The molecular weight excluding hydrogens is 487 g/mol. The first-order valence-corrected chi connectivity index (χ1v) is 12.4. The number of rotatable bonds is 7. The van der Waals surface area contributed by atoms with Gasteiger partial charge in [0, 0.05) is 56.1 Å². The van der Waals surface area contributed by atoms with Gasteiger partial charge in [-0.25, -0.2) is 4.39 Å². The zero-order valence-electron chi connectivity index (χ0n) is 21.6. The maximum Gasteiger partial charge on any atom is 0.236 e. The quantitative estimate of drug-likeness (QED) is 0.459. The lowest BCUT2D eigenvalue weighted by molar-refractivity contribution is -0.130. The van der Waals surface area contributed by atoms with E-state index in [2.05, 4.69) is 0 Å². The second-order valence-corrected chi connectivity index (χ2v) is 10.00. The number of Topliss-reactive ketones (excluding diaryl/α,β-unsaturated/α-hetero) is 2. The number of halogens is 1. The molecule has 7 nitrogen and oxygen atoms in total. The number of benzene rings is 3. The van der Waals surface area contributed by atoms with Gasteiger partial charge in [0.15, 0.2) is 11.6 Å². The summed E-state index contributed by atoms with van der Waals surface area (Å²) in [7, 11) is 3.28. The lowest BCUT2D eigenvalue weighted by Crippen LogP contribution is -2.52. The van der Waals surface area contributed by atoms with E-state index in [1.165, 1.54) is 59.5 Å². The molecule has 1 amide bonds. The molecule has 3 aromatic rings. The van der Waals surface area contributed by atoms with Crippen molar-refractivity contribution in [2.45, 2.75) is 12.8 Å². The Labute approximate surface area is 221 Å². The van der Waals surface area contributed by atoms with E-state index in [1.807, 2.05) is 0 Å². The summed E-state index contributed by atoms with van der Waals surface area (Å²) in [5, 5.41) is 19.5. The topological polar surface area (TPSA) is 98.2 Å². The van der Waals surface area contributed by atoms with Gasteiger partial charge in [-0.15, -0.1) is 0 Å². The Morgan fingerprint density at radius 2 is 1.32 bits per heavy atom. The third-order valence-corrected chi connectivity index (χ3v) is 7.28. The highest BCUT2D eigenvalue weighted by atomic mass is 19.1. The summed E-state index contributed by atoms with van der Waals surface area (Å²) >= 11 is 0. The first-order valence-electron chi connectivity index (χ1n) is 12.4. The van der Waals surface area contributed by atoms with Crippen LogP contribution in [0.3, 0.4) is 0 Å². The smallest absolute Gasteiger partial charge is 0.236 e. The molecule has 0 saturated carbocycles. The number of aromatic hydroxyl groups is 2. The number of phenols is 2.